The molecule has 1 aliphatic heterocycles. The average Bonchev–Trinajstić information content (AvgIpc) is 3.29. The van der Waals surface area contributed by atoms with Crippen molar-refractivity contribution in [3.8, 4) is 0 Å². The molecular weight excluding hydrogens is 507 g/mol. The molecule has 10 heteroatoms. The number of nitrogens with zero attached hydrogens (tertiary/aromatic N) is 1. The quantitative estimate of drug-likeness (QED) is 0.302. The van der Waals surface area contributed by atoms with Crippen LogP contribution in [0.15, 0.2) is 73.9 Å². The lowest BCUT2D eigenvalue weighted by molar-refractivity contribution is -0.123. The lowest BCUT2D eigenvalue weighted by Gasteiger charge is -2.16. The number of nitrogens with one attached hydrogen (secondary N) is 1. The van der Waals surface area contributed by atoms with Crippen LogP contribution < -0.4 is 5.43 Å². The van der Waals surface area contributed by atoms with Crippen LogP contribution in [0.1, 0.15) is 21.7 Å². The largest absolute Gasteiger partial charge is 0.450 e. The minimum atomic E-state index is -0.521. The maximum atomic E-state index is 12.8. The van der Waals surface area contributed by atoms with Crippen molar-refractivity contribution in [2.45, 2.75) is 16.9 Å². The zero-order chi connectivity index (χ0) is 22.8. The number of hydrogen-bond acceptors (Lipinski definition) is 6. The first-order valence-electron chi connectivity index (χ1n) is 9.18. The highest BCUT2D eigenvalue weighted by Gasteiger charge is 2.34. The fourth-order valence-corrected chi connectivity index (χ4v) is 5.13. The number of thiocarbonyl (C=S) groups is 1. The minimum Gasteiger partial charge on any atom is -0.450 e. The Morgan fingerprint density at radius 2 is 1.91 bits per heavy atom. The molecule has 2 amide bonds. The topological polar surface area (TPSA) is 62.6 Å². The Morgan fingerprint density at radius 3 is 2.62 bits per heavy atom. The number of carbonyl (C=O) groups excluding carboxylic acids is 2. The third-order valence-corrected chi connectivity index (χ3v) is 7.08. The molecule has 0 unspecified atom stereocenters. The van der Waals surface area contributed by atoms with Gasteiger partial charge < -0.3 is 4.42 Å². The highest BCUT2D eigenvalue weighted by atomic mass is 35.5. The number of hydrogen-bond donors (Lipinski definition) is 1. The molecule has 2 aromatic carbocycles. The number of amides is 2. The van der Waals surface area contributed by atoms with Crippen molar-refractivity contribution in [3.63, 3.8) is 0 Å². The molecule has 162 valence electrons. The summed E-state index contributed by atoms with van der Waals surface area (Å²) in [6.45, 7) is 1.87. The standard InChI is InChI=1S/C22H14Cl2N2O3S3/c1-12-2-8-16(17(24)10-12)20(27)25-26-21(28)18(32-22(26)30)11-14-5-9-19(29-14)31-15-6-3-13(23)4-7-15/h2-11H,1H3,(H,25,27)/b18-11-. The average molecular weight is 521 g/mol. The molecule has 0 bridgehead atoms. The van der Waals surface area contributed by atoms with Gasteiger partial charge in [-0.05, 0) is 73.2 Å². The summed E-state index contributed by atoms with van der Waals surface area (Å²) in [6, 6.07) is 16.0. The maximum absolute atomic E-state index is 12.8. The van der Waals surface area contributed by atoms with Crippen molar-refractivity contribution < 1.29 is 14.0 Å². The summed E-state index contributed by atoms with van der Waals surface area (Å²) in [5.41, 5.74) is 3.70. The van der Waals surface area contributed by atoms with Gasteiger partial charge in [-0.25, -0.2) is 0 Å². The highest BCUT2D eigenvalue weighted by molar-refractivity contribution is 8.26. The van der Waals surface area contributed by atoms with Crippen LogP contribution in [-0.2, 0) is 4.79 Å². The van der Waals surface area contributed by atoms with E-state index in [0.29, 0.717) is 25.8 Å². The van der Waals surface area contributed by atoms with E-state index in [2.05, 4.69) is 5.43 Å². The summed E-state index contributed by atoms with van der Waals surface area (Å²) >= 11 is 19.8. The van der Waals surface area contributed by atoms with Gasteiger partial charge in [-0.3, -0.25) is 15.0 Å². The molecule has 3 aromatic rings. The summed E-state index contributed by atoms with van der Waals surface area (Å²) in [4.78, 5) is 26.7. The molecule has 0 spiro atoms. The summed E-state index contributed by atoms with van der Waals surface area (Å²) < 4.78 is 6.01. The van der Waals surface area contributed by atoms with E-state index in [1.54, 1.807) is 42.5 Å². The first-order valence-corrected chi connectivity index (χ1v) is 12.0. The Hall–Kier alpha value is -2.23. The highest BCUT2D eigenvalue weighted by Crippen LogP contribution is 2.34. The second-order valence-corrected chi connectivity index (χ2v) is 10.3. The third kappa shape index (κ3) is 5.22. The van der Waals surface area contributed by atoms with Gasteiger partial charge >= 0.3 is 0 Å². The van der Waals surface area contributed by atoms with Crippen LogP contribution in [0.5, 0.6) is 0 Å². The van der Waals surface area contributed by atoms with E-state index in [1.807, 2.05) is 25.1 Å². The molecule has 0 aliphatic carbocycles. The van der Waals surface area contributed by atoms with E-state index in [1.165, 1.54) is 11.8 Å². The number of thioether (sulfide) groups is 1. The molecule has 1 fully saturated rings. The predicted molar refractivity (Wildman–Crippen MR) is 133 cm³/mol. The number of carbonyl (C=O) groups is 2. The first kappa shape index (κ1) is 22.9. The smallest absolute Gasteiger partial charge is 0.285 e. The van der Waals surface area contributed by atoms with Gasteiger partial charge in [-0.1, -0.05) is 52.8 Å². The number of furan rings is 1. The van der Waals surface area contributed by atoms with E-state index in [4.69, 9.17) is 39.8 Å². The Kier molecular flexibility index (Phi) is 6.97. The molecule has 0 radical (unpaired) electrons. The molecule has 5 nitrogen and oxygen atoms in total. The van der Waals surface area contributed by atoms with Crippen molar-refractivity contribution in [2.24, 2.45) is 0 Å². The molecule has 1 aromatic heterocycles. The summed E-state index contributed by atoms with van der Waals surface area (Å²) in [6.07, 6.45) is 1.59. The van der Waals surface area contributed by atoms with E-state index in [9.17, 15) is 9.59 Å². The predicted octanol–water partition coefficient (Wildman–Crippen LogP) is 6.59. The van der Waals surface area contributed by atoms with Gasteiger partial charge in [-0.2, -0.15) is 5.01 Å². The van der Waals surface area contributed by atoms with Gasteiger partial charge in [0.25, 0.3) is 11.8 Å². The molecule has 1 aliphatic rings. The SMILES string of the molecule is Cc1ccc(C(=O)NN2C(=O)/C(=C/c3ccc(Sc4ccc(Cl)cc4)o3)SC2=S)c(Cl)c1. The van der Waals surface area contributed by atoms with E-state index in [-0.39, 0.29) is 9.88 Å². The van der Waals surface area contributed by atoms with Crippen LogP contribution in [0.4, 0.5) is 0 Å². The molecule has 0 atom stereocenters. The minimum absolute atomic E-state index is 0.208. The van der Waals surface area contributed by atoms with Crippen LogP contribution in [0.3, 0.4) is 0 Å². The molecule has 0 saturated carbocycles. The molecule has 1 saturated heterocycles. The molecule has 4 rings (SSSR count). The zero-order valence-corrected chi connectivity index (χ0v) is 20.4. The van der Waals surface area contributed by atoms with Gasteiger partial charge in [0, 0.05) is 16.0 Å². The van der Waals surface area contributed by atoms with Crippen molar-refractivity contribution in [1.29, 1.82) is 0 Å². The van der Waals surface area contributed by atoms with Crippen LogP contribution in [0, 0.1) is 6.92 Å². The molecule has 32 heavy (non-hydrogen) atoms. The Morgan fingerprint density at radius 1 is 1.16 bits per heavy atom. The first-order chi connectivity index (χ1) is 15.3. The van der Waals surface area contributed by atoms with E-state index >= 15 is 0 Å². The summed E-state index contributed by atoms with van der Waals surface area (Å²) in [5, 5.41) is 2.66. The number of benzene rings is 2. The third-order valence-electron chi connectivity index (χ3n) is 4.28. The van der Waals surface area contributed by atoms with Crippen LogP contribution >= 0.6 is 58.9 Å². The maximum Gasteiger partial charge on any atom is 0.285 e. The van der Waals surface area contributed by atoms with E-state index < -0.39 is 11.8 Å². The Bertz CT molecular complexity index is 1260. The molecular formula is C22H14Cl2N2O3S3. The summed E-state index contributed by atoms with van der Waals surface area (Å²) in [5.74, 6) is -0.470. The van der Waals surface area contributed by atoms with Gasteiger partial charge in [-0.15, -0.1) is 0 Å². The van der Waals surface area contributed by atoms with Crippen LogP contribution in [0.2, 0.25) is 10.0 Å². The van der Waals surface area contributed by atoms with Gasteiger partial charge in [0.15, 0.2) is 9.41 Å². The summed E-state index contributed by atoms with van der Waals surface area (Å²) in [7, 11) is 0. The lowest BCUT2D eigenvalue weighted by Crippen LogP contribution is -2.44. The fraction of sp³-hybridized carbons (Fsp3) is 0.0455. The second kappa shape index (κ2) is 9.72. The molecule has 1 N–H and O–H groups in total. The fourth-order valence-electron chi connectivity index (χ4n) is 2.74. The van der Waals surface area contributed by atoms with Crippen molar-refractivity contribution in [3.05, 3.63) is 86.4 Å². The second-order valence-electron chi connectivity index (χ2n) is 6.65. The molecule has 2 heterocycles. The van der Waals surface area contributed by atoms with Gasteiger partial charge in [0.05, 0.1) is 15.5 Å². The number of rotatable bonds is 5. The van der Waals surface area contributed by atoms with Crippen molar-refractivity contribution >= 4 is 81.2 Å². The van der Waals surface area contributed by atoms with Crippen molar-refractivity contribution in [2.75, 3.05) is 0 Å². The van der Waals surface area contributed by atoms with Crippen LogP contribution in [-0.4, -0.2) is 21.1 Å². The number of halogens is 2. The monoisotopic (exact) mass is 520 g/mol. The van der Waals surface area contributed by atoms with Crippen molar-refractivity contribution in [1.82, 2.24) is 10.4 Å². The zero-order valence-electron chi connectivity index (χ0n) is 16.4. The number of hydrazine groups is 1. The number of aryl methyl sites for hydroxylation is 1. The van der Waals surface area contributed by atoms with Gasteiger partial charge in [0.1, 0.15) is 5.76 Å². The van der Waals surface area contributed by atoms with Gasteiger partial charge in [0.2, 0.25) is 0 Å². The Balaban J connectivity index is 1.46. The van der Waals surface area contributed by atoms with E-state index in [0.717, 1.165) is 27.2 Å². The Labute approximate surface area is 208 Å². The lowest BCUT2D eigenvalue weighted by atomic mass is 10.1. The normalized spacial score (nSPS) is 15.0. The van der Waals surface area contributed by atoms with Crippen LogP contribution in [0.25, 0.3) is 6.08 Å².